The Labute approximate surface area is 142 Å². The lowest BCUT2D eigenvalue weighted by Gasteiger charge is -2.26. The van der Waals surface area contributed by atoms with Crippen molar-refractivity contribution in [3.63, 3.8) is 0 Å². The van der Waals surface area contributed by atoms with Gasteiger partial charge in [0.25, 0.3) is 5.91 Å². The number of aromatic amines is 1. The second kappa shape index (κ2) is 7.27. The molecule has 2 aromatic rings. The van der Waals surface area contributed by atoms with Crippen LogP contribution in [0.15, 0.2) is 36.5 Å². The molecule has 1 aliphatic heterocycles. The smallest absolute Gasteiger partial charge is 0.355 e. The van der Waals surface area contributed by atoms with Crippen molar-refractivity contribution < 1.29 is 23.8 Å². The highest BCUT2D eigenvalue weighted by Gasteiger charge is 2.21. The second-order valence-corrected chi connectivity index (χ2v) is 5.55. The molecule has 3 rings (SSSR count). The summed E-state index contributed by atoms with van der Waals surface area (Å²) in [5.74, 6) is 0.239. The minimum atomic E-state index is -0.650. The molecule has 0 aliphatic carbocycles. The first kappa shape index (κ1) is 16.2. The Balaban J connectivity index is 1.41. The molecule has 0 radical (unpaired) electrons. The number of nitrogens with one attached hydrogen (secondary N) is 2. The molecule has 1 aliphatic rings. The highest BCUT2D eigenvalue weighted by atomic mass is 35.5. The number of para-hydroxylation sites is 2. The van der Waals surface area contributed by atoms with Gasteiger partial charge in [0.2, 0.25) is 0 Å². The molecule has 2 heterocycles. The fraction of sp³-hybridized carbons (Fsp3) is 0.250. The van der Waals surface area contributed by atoms with Gasteiger partial charge in [-0.2, -0.15) is 0 Å². The van der Waals surface area contributed by atoms with E-state index in [0.29, 0.717) is 23.1 Å². The first-order valence-corrected chi connectivity index (χ1v) is 7.66. The van der Waals surface area contributed by atoms with E-state index in [0.717, 1.165) is 0 Å². The summed E-state index contributed by atoms with van der Waals surface area (Å²) >= 11 is 5.69. The maximum absolute atomic E-state index is 11.8. The van der Waals surface area contributed by atoms with Crippen LogP contribution in [-0.4, -0.2) is 42.7 Å². The van der Waals surface area contributed by atoms with E-state index < -0.39 is 11.9 Å². The number of carbonyl (C=O) groups is 2. The van der Waals surface area contributed by atoms with Crippen molar-refractivity contribution in [1.82, 2.24) is 10.3 Å². The van der Waals surface area contributed by atoms with E-state index in [-0.39, 0.29) is 24.9 Å². The number of H-pyrrole nitrogens is 1. The number of halogens is 1. The molecule has 0 spiro atoms. The average molecular weight is 351 g/mol. The molecule has 0 saturated heterocycles. The van der Waals surface area contributed by atoms with Gasteiger partial charge in [-0.15, -0.1) is 0 Å². The Kier molecular flexibility index (Phi) is 4.90. The van der Waals surface area contributed by atoms with Crippen LogP contribution in [0.3, 0.4) is 0 Å². The predicted molar refractivity (Wildman–Crippen MR) is 85.4 cm³/mol. The monoisotopic (exact) mass is 350 g/mol. The third-order valence-electron chi connectivity index (χ3n) is 3.30. The Morgan fingerprint density at radius 2 is 2.12 bits per heavy atom. The van der Waals surface area contributed by atoms with Crippen LogP contribution in [0, 0.1) is 0 Å². The van der Waals surface area contributed by atoms with Crippen LogP contribution in [0.2, 0.25) is 5.02 Å². The Hall–Kier alpha value is -2.67. The van der Waals surface area contributed by atoms with Crippen LogP contribution in [0.4, 0.5) is 0 Å². The van der Waals surface area contributed by atoms with Gasteiger partial charge in [0.05, 0.1) is 11.6 Å². The number of aromatic nitrogens is 1. The number of benzene rings is 1. The third kappa shape index (κ3) is 3.99. The van der Waals surface area contributed by atoms with Crippen molar-refractivity contribution in [3.05, 3.63) is 47.2 Å². The van der Waals surface area contributed by atoms with Crippen molar-refractivity contribution in [1.29, 1.82) is 0 Å². The molecular formula is C16H15ClN2O5. The fourth-order valence-corrected chi connectivity index (χ4v) is 2.30. The van der Waals surface area contributed by atoms with Crippen LogP contribution in [0.25, 0.3) is 0 Å². The normalized spacial score (nSPS) is 15.6. The number of hydrogen-bond donors (Lipinski definition) is 2. The quantitative estimate of drug-likeness (QED) is 0.802. The zero-order valence-corrected chi connectivity index (χ0v) is 13.3. The van der Waals surface area contributed by atoms with Gasteiger partial charge in [0, 0.05) is 6.20 Å². The number of amides is 1. The molecule has 1 atom stereocenters. The molecule has 0 unspecified atom stereocenters. The Morgan fingerprint density at radius 1 is 1.33 bits per heavy atom. The lowest BCUT2D eigenvalue weighted by Crippen LogP contribution is -2.42. The predicted octanol–water partition coefficient (Wildman–Crippen LogP) is 1.78. The second-order valence-electron chi connectivity index (χ2n) is 5.11. The van der Waals surface area contributed by atoms with Crippen LogP contribution in [0.1, 0.15) is 10.5 Å². The minimum absolute atomic E-state index is 0.188. The van der Waals surface area contributed by atoms with E-state index in [1.165, 1.54) is 12.3 Å². The number of hydrogen-bond acceptors (Lipinski definition) is 5. The van der Waals surface area contributed by atoms with Gasteiger partial charge in [-0.05, 0) is 18.2 Å². The van der Waals surface area contributed by atoms with Crippen molar-refractivity contribution in [2.45, 2.75) is 6.10 Å². The van der Waals surface area contributed by atoms with Crippen LogP contribution >= 0.6 is 11.6 Å². The summed E-state index contributed by atoms with van der Waals surface area (Å²) in [6, 6.07) is 8.74. The molecule has 2 N–H and O–H groups in total. The first-order valence-electron chi connectivity index (χ1n) is 7.28. The number of fused-ring (bicyclic) bond motifs is 1. The van der Waals surface area contributed by atoms with Crippen molar-refractivity contribution >= 4 is 23.5 Å². The number of esters is 1. The van der Waals surface area contributed by atoms with Crippen LogP contribution < -0.4 is 14.8 Å². The van der Waals surface area contributed by atoms with Crippen molar-refractivity contribution in [2.24, 2.45) is 0 Å². The van der Waals surface area contributed by atoms with E-state index in [1.54, 1.807) is 6.07 Å². The summed E-state index contributed by atoms with van der Waals surface area (Å²) in [7, 11) is 0. The molecule has 7 nitrogen and oxygen atoms in total. The molecule has 1 amide bonds. The summed E-state index contributed by atoms with van der Waals surface area (Å²) in [5, 5.41) is 3.03. The van der Waals surface area contributed by atoms with Gasteiger partial charge in [-0.25, -0.2) is 4.79 Å². The van der Waals surface area contributed by atoms with Crippen molar-refractivity contribution in [3.8, 4) is 11.5 Å². The van der Waals surface area contributed by atoms with Gasteiger partial charge in [0.15, 0.2) is 18.1 Å². The van der Waals surface area contributed by atoms with E-state index in [4.69, 9.17) is 25.8 Å². The van der Waals surface area contributed by atoms with Crippen LogP contribution in [0.5, 0.6) is 11.5 Å². The van der Waals surface area contributed by atoms with E-state index in [2.05, 4.69) is 10.3 Å². The molecule has 0 saturated carbocycles. The fourth-order valence-electron chi connectivity index (χ4n) is 2.14. The summed E-state index contributed by atoms with van der Waals surface area (Å²) in [6.07, 6.45) is 1.15. The van der Waals surface area contributed by atoms with Gasteiger partial charge >= 0.3 is 5.97 Å². The van der Waals surface area contributed by atoms with E-state index in [1.807, 2.05) is 18.2 Å². The first-order chi connectivity index (χ1) is 11.6. The summed E-state index contributed by atoms with van der Waals surface area (Å²) in [5.41, 5.74) is 0.188. The van der Waals surface area contributed by atoms with Crippen LogP contribution in [-0.2, 0) is 9.53 Å². The standard InChI is InChI=1S/C16H15ClN2O5/c17-10-5-12(18-6-10)16(21)23-9-15(20)19-7-11-8-22-13-3-1-2-4-14(13)24-11/h1-6,11,18H,7-9H2,(H,19,20)/t11-/m1/s1. The molecule has 126 valence electrons. The summed E-state index contributed by atoms with van der Waals surface area (Å²) in [4.78, 5) is 26.1. The molecule has 1 aromatic heterocycles. The van der Waals surface area contributed by atoms with Gasteiger partial charge in [-0.1, -0.05) is 23.7 Å². The number of carbonyl (C=O) groups excluding carboxylic acids is 2. The van der Waals surface area contributed by atoms with E-state index in [9.17, 15) is 9.59 Å². The Bertz CT molecular complexity index is 746. The van der Waals surface area contributed by atoms with Crippen molar-refractivity contribution in [2.75, 3.05) is 19.8 Å². The SMILES string of the molecule is O=C(COC(=O)c1cc(Cl)c[nH]1)NC[C@@H]1COc2ccccc2O1. The average Bonchev–Trinajstić information content (AvgIpc) is 3.04. The lowest BCUT2D eigenvalue weighted by molar-refractivity contribution is -0.124. The van der Waals surface area contributed by atoms with E-state index >= 15 is 0 Å². The minimum Gasteiger partial charge on any atom is -0.486 e. The third-order valence-corrected chi connectivity index (χ3v) is 3.51. The largest absolute Gasteiger partial charge is 0.486 e. The highest BCUT2D eigenvalue weighted by molar-refractivity contribution is 6.30. The van der Waals surface area contributed by atoms with Gasteiger partial charge in [0.1, 0.15) is 18.4 Å². The highest BCUT2D eigenvalue weighted by Crippen LogP contribution is 2.30. The van der Waals surface area contributed by atoms with Gasteiger partial charge < -0.3 is 24.5 Å². The lowest BCUT2D eigenvalue weighted by atomic mass is 10.2. The summed E-state index contributed by atoms with van der Waals surface area (Å²) in [6.45, 7) is 0.191. The molecule has 1 aromatic carbocycles. The molecular weight excluding hydrogens is 336 g/mol. The zero-order valence-electron chi connectivity index (χ0n) is 12.6. The maximum atomic E-state index is 11.8. The summed E-state index contributed by atoms with van der Waals surface area (Å²) < 4.78 is 16.1. The molecule has 0 fully saturated rings. The maximum Gasteiger partial charge on any atom is 0.355 e. The molecule has 24 heavy (non-hydrogen) atoms. The molecule has 8 heteroatoms. The topological polar surface area (TPSA) is 89.7 Å². The van der Waals surface area contributed by atoms with Gasteiger partial charge in [-0.3, -0.25) is 4.79 Å². The number of rotatable bonds is 5. The molecule has 0 bridgehead atoms. The Morgan fingerprint density at radius 3 is 2.88 bits per heavy atom. The number of ether oxygens (including phenoxy) is 3. The zero-order chi connectivity index (χ0) is 16.9.